The SMILES string of the molecule is Cc1ccccc1C(=O)N1CCCC2(CC(C(=O)NCc3ccncc3)=NO2)C1. The number of aryl methyl sites for hydroxylation is 1. The van der Waals surface area contributed by atoms with Crippen LogP contribution in [0, 0.1) is 6.92 Å². The zero-order valence-corrected chi connectivity index (χ0v) is 16.4. The number of nitrogens with one attached hydrogen (secondary N) is 1. The van der Waals surface area contributed by atoms with E-state index < -0.39 is 5.60 Å². The van der Waals surface area contributed by atoms with Crippen molar-refractivity contribution in [2.75, 3.05) is 13.1 Å². The van der Waals surface area contributed by atoms with E-state index in [1.807, 2.05) is 48.2 Å². The maximum absolute atomic E-state index is 13.0. The van der Waals surface area contributed by atoms with Gasteiger partial charge in [0.2, 0.25) is 0 Å². The predicted molar refractivity (Wildman–Crippen MR) is 108 cm³/mol. The molecule has 1 spiro atoms. The maximum Gasteiger partial charge on any atom is 0.269 e. The Kier molecular flexibility index (Phi) is 5.29. The minimum atomic E-state index is -0.611. The van der Waals surface area contributed by atoms with Gasteiger partial charge in [0.1, 0.15) is 5.71 Å². The monoisotopic (exact) mass is 392 g/mol. The number of aromatic nitrogens is 1. The van der Waals surface area contributed by atoms with Crippen LogP contribution in [0.2, 0.25) is 0 Å². The van der Waals surface area contributed by atoms with Crippen molar-refractivity contribution in [1.82, 2.24) is 15.2 Å². The summed E-state index contributed by atoms with van der Waals surface area (Å²) in [5, 5.41) is 6.94. The van der Waals surface area contributed by atoms with Crippen LogP contribution >= 0.6 is 0 Å². The minimum absolute atomic E-state index is 0.00126. The summed E-state index contributed by atoms with van der Waals surface area (Å²) in [6.45, 7) is 3.46. The van der Waals surface area contributed by atoms with Crippen LogP contribution in [0.3, 0.4) is 0 Å². The molecule has 7 heteroatoms. The average Bonchev–Trinajstić information content (AvgIpc) is 3.16. The van der Waals surface area contributed by atoms with E-state index in [1.54, 1.807) is 12.4 Å². The van der Waals surface area contributed by atoms with E-state index in [4.69, 9.17) is 4.84 Å². The Hall–Kier alpha value is -3.22. The lowest BCUT2D eigenvalue weighted by molar-refractivity contribution is -0.115. The second-order valence-corrected chi connectivity index (χ2v) is 7.67. The Morgan fingerprint density at radius 3 is 2.79 bits per heavy atom. The normalized spacial score (nSPS) is 20.9. The summed E-state index contributed by atoms with van der Waals surface area (Å²) >= 11 is 0. The van der Waals surface area contributed by atoms with Crippen molar-refractivity contribution in [1.29, 1.82) is 0 Å². The lowest BCUT2D eigenvalue weighted by Crippen LogP contribution is -2.51. The third kappa shape index (κ3) is 4.13. The molecular weight excluding hydrogens is 368 g/mol. The van der Waals surface area contributed by atoms with Crippen molar-refractivity contribution >= 4 is 17.5 Å². The molecule has 2 aliphatic heterocycles. The number of carbonyl (C=O) groups is 2. The molecule has 2 amide bonds. The van der Waals surface area contributed by atoms with Gasteiger partial charge in [-0.05, 0) is 49.1 Å². The number of hydrogen-bond acceptors (Lipinski definition) is 5. The van der Waals surface area contributed by atoms with Crippen LogP contribution in [-0.4, -0.2) is 46.1 Å². The Bertz CT molecular complexity index is 944. The first-order chi connectivity index (χ1) is 14.1. The molecule has 2 aromatic rings. The molecule has 0 radical (unpaired) electrons. The predicted octanol–water partition coefficient (Wildman–Crippen LogP) is 2.46. The molecule has 1 N–H and O–H groups in total. The molecule has 7 nitrogen and oxygen atoms in total. The number of oxime groups is 1. The molecule has 0 bridgehead atoms. The summed E-state index contributed by atoms with van der Waals surface area (Å²) in [5.74, 6) is -0.234. The Morgan fingerprint density at radius 2 is 2.00 bits per heavy atom. The van der Waals surface area contributed by atoms with Gasteiger partial charge in [0, 0.05) is 37.5 Å². The van der Waals surface area contributed by atoms with E-state index in [-0.39, 0.29) is 11.8 Å². The van der Waals surface area contributed by atoms with Crippen LogP contribution in [0.1, 0.15) is 40.7 Å². The molecule has 4 rings (SSSR count). The molecule has 1 saturated heterocycles. The van der Waals surface area contributed by atoms with Crippen LogP contribution in [0.4, 0.5) is 0 Å². The van der Waals surface area contributed by atoms with Crippen LogP contribution in [0.25, 0.3) is 0 Å². The summed E-state index contributed by atoms with van der Waals surface area (Å²) in [5.41, 5.74) is 2.40. The van der Waals surface area contributed by atoms with Crippen molar-refractivity contribution < 1.29 is 14.4 Å². The van der Waals surface area contributed by atoms with Crippen LogP contribution in [-0.2, 0) is 16.2 Å². The lowest BCUT2D eigenvalue weighted by Gasteiger charge is -2.38. The molecule has 1 aromatic heterocycles. The fourth-order valence-electron chi connectivity index (χ4n) is 3.90. The molecule has 0 aliphatic carbocycles. The van der Waals surface area contributed by atoms with Crippen LogP contribution < -0.4 is 5.32 Å². The van der Waals surface area contributed by atoms with E-state index >= 15 is 0 Å². The number of rotatable bonds is 4. The molecule has 29 heavy (non-hydrogen) atoms. The molecule has 1 atom stereocenters. The summed E-state index contributed by atoms with van der Waals surface area (Å²) in [7, 11) is 0. The number of benzene rings is 1. The highest BCUT2D eigenvalue weighted by atomic mass is 16.7. The number of hydrogen-bond donors (Lipinski definition) is 1. The summed E-state index contributed by atoms with van der Waals surface area (Å²) in [6, 6.07) is 11.3. The molecule has 2 aliphatic rings. The van der Waals surface area contributed by atoms with Gasteiger partial charge in [-0.2, -0.15) is 0 Å². The van der Waals surface area contributed by atoms with Crippen LogP contribution in [0.15, 0.2) is 53.9 Å². The van der Waals surface area contributed by atoms with E-state index in [0.717, 1.165) is 24.0 Å². The standard InChI is InChI=1S/C22H24N4O3/c1-16-5-2-3-6-18(16)21(28)26-12-4-9-22(15-26)13-19(25-29-22)20(27)24-14-17-7-10-23-11-8-17/h2-3,5-8,10-11H,4,9,12-15H2,1H3,(H,24,27). The topological polar surface area (TPSA) is 83.9 Å². The van der Waals surface area contributed by atoms with Gasteiger partial charge in [-0.25, -0.2) is 0 Å². The zero-order chi connectivity index (χ0) is 20.3. The maximum atomic E-state index is 13.0. The molecular formula is C22H24N4O3. The zero-order valence-electron chi connectivity index (χ0n) is 16.4. The van der Waals surface area contributed by atoms with Gasteiger partial charge in [-0.3, -0.25) is 14.6 Å². The molecule has 1 fully saturated rings. The van der Waals surface area contributed by atoms with E-state index in [2.05, 4.69) is 15.5 Å². The lowest BCUT2D eigenvalue weighted by atomic mass is 9.87. The molecule has 0 saturated carbocycles. The number of pyridine rings is 1. The van der Waals surface area contributed by atoms with Gasteiger partial charge in [0.25, 0.3) is 11.8 Å². The third-order valence-corrected chi connectivity index (χ3v) is 5.51. The van der Waals surface area contributed by atoms with Gasteiger partial charge < -0.3 is 15.1 Å². The second kappa shape index (κ2) is 8.03. The fourth-order valence-corrected chi connectivity index (χ4v) is 3.90. The van der Waals surface area contributed by atoms with E-state index in [9.17, 15) is 9.59 Å². The molecule has 3 heterocycles. The third-order valence-electron chi connectivity index (χ3n) is 5.51. The summed E-state index contributed by atoms with van der Waals surface area (Å²) < 4.78 is 0. The van der Waals surface area contributed by atoms with Crippen molar-refractivity contribution in [2.45, 2.75) is 38.3 Å². The molecule has 1 aromatic carbocycles. The highest BCUT2D eigenvalue weighted by Crippen LogP contribution is 2.34. The Morgan fingerprint density at radius 1 is 1.21 bits per heavy atom. The molecule has 150 valence electrons. The van der Waals surface area contributed by atoms with Gasteiger partial charge in [0.05, 0.1) is 6.54 Å². The Labute approximate surface area is 169 Å². The quantitative estimate of drug-likeness (QED) is 0.866. The van der Waals surface area contributed by atoms with Crippen LogP contribution in [0.5, 0.6) is 0 Å². The summed E-state index contributed by atoms with van der Waals surface area (Å²) in [4.78, 5) is 37.0. The highest BCUT2D eigenvalue weighted by molar-refractivity contribution is 6.39. The van der Waals surface area contributed by atoms with Gasteiger partial charge in [0.15, 0.2) is 5.60 Å². The number of likely N-dealkylation sites (tertiary alicyclic amines) is 1. The number of amides is 2. The van der Waals surface area contributed by atoms with E-state index in [0.29, 0.717) is 37.3 Å². The minimum Gasteiger partial charge on any atom is -0.386 e. The smallest absolute Gasteiger partial charge is 0.269 e. The Balaban J connectivity index is 1.38. The van der Waals surface area contributed by atoms with Crippen molar-refractivity contribution in [3.63, 3.8) is 0 Å². The fraction of sp³-hybridized carbons (Fsp3) is 0.364. The van der Waals surface area contributed by atoms with Crippen molar-refractivity contribution in [3.05, 3.63) is 65.5 Å². The van der Waals surface area contributed by atoms with E-state index in [1.165, 1.54) is 0 Å². The summed E-state index contributed by atoms with van der Waals surface area (Å²) in [6.07, 6.45) is 5.38. The highest BCUT2D eigenvalue weighted by Gasteiger charge is 2.45. The van der Waals surface area contributed by atoms with Gasteiger partial charge in [-0.15, -0.1) is 0 Å². The van der Waals surface area contributed by atoms with Gasteiger partial charge in [-0.1, -0.05) is 23.4 Å². The first kappa shape index (κ1) is 19.1. The largest absolute Gasteiger partial charge is 0.386 e. The van der Waals surface area contributed by atoms with Crippen molar-refractivity contribution in [2.24, 2.45) is 5.16 Å². The number of piperidine rings is 1. The number of carbonyl (C=O) groups excluding carboxylic acids is 2. The first-order valence-electron chi connectivity index (χ1n) is 9.83. The van der Waals surface area contributed by atoms with Crippen molar-refractivity contribution in [3.8, 4) is 0 Å². The number of nitrogens with zero attached hydrogens (tertiary/aromatic N) is 3. The second-order valence-electron chi connectivity index (χ2n) is 7.67. The molecule has 1 unspecified atom stereocenters. The first-order valence-corrected chi connectivity index (χ1v) is 9.83. The van der Waals surface area contributed by atoms with Gasteiger partial charge >= 0.3 is 0 Å². The average molecular weight is 392 g/mol.